The number of benzene rings is 1. The Bertz CT molecular complexity index is 708. The van der Waals surface area contributed by atoms with Crippen LogP contribution in [0, 0.1) is 6.92 Å². The number of nitrogens with zero attached hydrogens (tertiary/aromatic N) is 5. The molecule has 0 saturated heterocycles. The Balaban J connectivity index is 1.80. The second-order valence-corrected chi connectivity index (χ2v) is 4.90. The number of hydrogen-bond donors (Lipinski definition) is 1. The Morgan fingerprint density at radius 2 is 1.95 bits per heavy atom. The highest BCUT2D eigenvalue weighted by molar-refractivity contribution is 5.54. The van der Waals surface area contributed by atoms with Crippen molar-refractivity contribution in [3.05, 3.63) is 60.2 Å². The van der Waals surface area contributed by atoms with Gasteiger partial charge >= 0.3 is 0 Å². The summed E-state index contributed by atoms with van der Waals surface area (Å²) in [5.74, 6) is 0. The van der Waals surface area contributed by atoms with E-state index in [2.05, 4.69) is 38.8 Å². The predicted octanol–water partition coefficient (Wildman–Crippen LogP) is 2.54. The van der Waals surface area contributed by atoms with Crippen LogP contribution in [0.1, 0.15) is 24.1 Å². The van der Waals surface area contributed by atoms with Gasteiger partial charge in [-0.05, 0) is 65.7 Å². The maximum absolute atomic E-state index is 4.04. The monoisotopic (exact) mass is 280 g/mol. The first-order valence-electron chi connectivity index (χ1n) is 6.74. The van der Waals surface area contributed by atoms with Crippen LogP contribution in [0.5, 0.6) is 0 Å². The standard InChI is InChI=1S/C15H16N6/c1-11-9-14(3-4-15(11)21-10-17-19-20-21)18-12(2)13-5-7-16-8-6-13/h3-10,12,18H,1-2H3. The number of tetrazole rings is 1. The number of aromatic nitrogens is 5. The SMILES string of the molecule is Cc1cc(NC(C)c2ccncc2)ccc1-n1cnnn1. The zero-order valence-corrected chi connectivity index (χ0v) is 11.9. The fraction of sp³-hybridized carbons (Fsp3) is 0.200. The first kappa shape index (κ1) is 13.2. The van der Waals surface area contributed by atoms with Gasteiger partial charge in [0.2, 0.25) is 0 Å². The minimum absolute atomic E-state index is 0.214. The molecule has 2 aromatic heterocycles. The minimum atomic E-state index is 0.214. The van der Waals surface area contributed by atoms with Crippen LogP contribution in [0.4, 0.5) is 5.69 Å². The van der Waals surface area contributed by atoms with Crippen LogP contribution in [0.2, 0.25) is 0 Å². The molecular formula is C15H16N6. The summed E-state index contributed by atoms with van der Waals surface area (Å²) in [4.78, 5) is 4.04. The molecule has 6 heteroatoms. The average molecular weight is 280 g/mol. The zero-order valence-electron chi connectivity index (χ0n) is 11.9. The second-order valence-electron chi connectivity index (χ2n) is 4.90. The summed E-state index contributed by atoms with van der Waals surface area (Å²) in [6.45, 7) is 4.17. The molecule has 0 aliphatic rings. The summed E-state index contributed by atoms with van der Waals surface area (Å²) in [5, 5.41) is 14.7. The molecule has 0 aliphatic heterocycles. The zero-order chi connectivity index (χ0) is 14.7. The van der Waals surface area contributed by atoms with Crippen LogP contribution in [0.3, 0.4) is 0 Å². The van der Waals surface area contributed by atoms with E-state index in [0.717, 1.165) is 16.9 Å². The Morgan fingerprint density at radius 1 is 1.14 bits per heavy atom. The summed E-state index contributed by atoms with van der Waals surface area (Å²) in [7, 11) is 0. The van der Waals surface area contributed by atoms with Gasteiger partial charge < -0.3 is 5.32 Å². The molecule has 21 heavy (non-hydrogen) atoms. The number of anilines is 1. The summed E-state index contributed by atoms with van der Waals surface area (Å²) in [6, 6.07) is 10.4. The summed E-state index contributed by atoms with van der Waals surface area (Å²) < 4.78 is 1.66. The minimum Gasteiger partial charge on any atom is -0.379 e. The van der Waals surface area contributed by atoms with Crippen molar-refractivity contribution in [2.24, 2.45) is 0 Å². The van der Waals surface area contributed by atoms with Crippen molar-refractivity contribution in [2.45, 2.75) is 19.9 Å². The number of pyridine rings is 1. The van der Waals surface area contributed by atoms with Gasteiger partial charge in [0.1, 0.15) is 6.33 Å². The molecule has 0 radical (unpaired) electrons. The summed E-state index contributed by atoms with van der Waals surface area (Å²) in [5.41, 5.74) is 4.34. The molecular weight excluding hydrogens is 264 g/mol. The number of rotatable bonds is 4. The van der Waals surface area contributed by atoms with Gasteiger partial charge in [-0.15, -0.1) is 5.10 Å². The van der Waals surface area contributed by atoms with Crippen LogP contribution in [-0.4, -0.2) is 25.2 Å². The third-order valence-corrected chi connectivity index (χ3v) is 3.38. The highest BCUT2D eigenvalue weighted by Gasteiger charge is 2.07. The van der Waals surface area contributed by atoms with E-state index in [1.165, 1.54) is 5.56 Å². The molecule has 1 unspecified atom stereocenters. The van der Waals surface area contributed by atoms with E-state index >= 15 is 0 Å². The van der Waals surface area contributed by atoms with Crippen molar-refractivity contribution < 1.29 is 0 Å². The molecule has 0 aliphatic carbocycles. The van der Waals surface area contributed by atoms with Crippen LogP contribution >= 0.6 is 0 Å². The van der Waals surface area contributed by atoms with E-state index in [1.807, 2.05) is 31.2 Å². The van der Waals surface area contributed by atoms with Crippen molar-refractivity contribution >= 4 is 5.69 Å². The van der Waals surface area contributed by atoms with Crippen molar-refractivity contribution in [2.75, 3.05) is 5.32 Å². The Hall–Kier alpha value is -2.76. The molecule has 0 bridgehead atoms. The lowest BCUT2D eigenvalue weighted by molar-refractivity contribution is 0.785. The van der Waals surface area contributed by atoms with Crippen LogP contribution < -0.4 is 5.32 Å². The second kappa shape index (κ2) is 5.70. The average Bonchev–Trinajstić information content (AvgIpc) is 3.02. The molecule has 0 fully saturated rings. The van der Waals surface area contributed by atoms with Gasteiger partial charge in [0, 0.05) is 24.1 Å². The Kier molecular flexibility index (Phi) is 3.59. The van der Waals surface area contributed by atoms with Gasteiger partial charge in [0.25, 0.3) is 0 Å². The molecule has 0 spiro atoms. The lowest BCUT2D eigenvalue weighted by Crippen LogP contribution is -2.07. The molecule has 1 aromatic carbocycles. The lowest BCUT2D eigenvalue weighted by Gasteiger charge is -2.16. The molecule has 0 saturated carbocycles. The van der Waals surface area contributed by atoms with Gasteiger partial charge in [0.15, 0.2) is 0 Å². The topological polar surface area (TPSA) is 68.5 Å². The fourth-order valence-electron chi connectivity index (χ4n) is 2.26. The maximum atomic E-state index is 4.04. The first-order chi connectivity index (χ1) is 10.2. The van der Waals surface area contributed by atoms with Crippen molar-refractivity contribution in [1.82, 2.24) is 25.2 Å². The Morgan fingerprint density at radius 3 is 2.62 bits per heavy atom. The number of aryl methyl sites for hydroxylation is 1. The maximum Gasteiger partial charge on any atom is 0.143 e. The molecule has 6 nitrogen and oxygen atoms in total. The largest absolute Gasteiger partial charge is 0.379 e. The van der Waals surface area contributed by atoms with Gasteiger partial charge in [-0.1, -0.05) is 0 Å². The molecule has 1 N–H and O–H groups in total. The van der Waals surface area contributed by atoms with Crippen LogP contribution in [0.15, 0.2) is 49.1 Å². The summed E-state index contributed by atoms with van der Waals surface area (Å²) >= 11 is 0. The lowest BCUT2D eigenvalue weighted by atomic mass is 10.1. The van der Waals surface area contributed by atoms with E-state index < -0.39 is 0 Å². The van der Waals surface area contributed by atoms with E-state index in [4.69, 9.17) is 0 Å². The fourth-order valence-corrected chi connectivity index (χ4v) is 2.26. The van der Waals surface area contributed by atoms with Crippen molar-refractivity contribution in [3.8, 4) is 5.69 Å². The third-order valence-electron chi connectivity index (χ3n) is 3.38. The van der Waals surface area contributed by atoms with E-state index in [0.29, 0.717) is 0 Å². The van der Waals surface area contributed by atoms with Gasteiger partial charge in [-0.3, -0.25) is 4.98 Å². The quantitative estimate of drug-likeness (QED) is 0.795. The normalized spacial score (nSPS) is 12.1. The van der Waals surface area contributed by atoms with Gasteiger partial charge in [0.05, 0.1) is 5.69 Å². The van der Waals surface area contributed by atoms with Crippen LogP contribution in [0.25, 0.3) is 5.69 Å². The van der Waals surface area contributed by atoms with Crippen molar-refractivity contribution in [1.29, 1.82) is 0 Å². The molecule has 3 aromatic rings. The van der Waals surface area contributed by atoms with E-state index in [-0.39, 0.29) is 6.04 Å². The van der Waals surface area contributed by atoms with E-state index in [1.54, 1.807) is 23.4 Å². The number of nitrogens with one attached hydrogen (secondary N) is 1. The molecule has 1 atom stereocenters. The van der Waals surface area contributed by atoms with Gasteiger partial charge in [-0.2, -0.15) is 0 Å². The molecule has 2 heterocycles. The molecule has 106 valence electrons. The molecule has 0 amide bonds. The Labute approximate surface area is 122 Å². The highest BCUT2D eigenvalue weighted by atomic mass is 15.5. The number of hydrogen-bond acceptors (Lipinski definition) is 5. The highest BCUT2D eigenvalue weighted by Crippen LogP contribution is 2.22. The molecule has 3 rings (SSSR count). The first-order valence-corrected chi connectivity index (χ1v) is 6.74. The van der Waals surface area contributed by atoms with Crippen molar-refractivity contribution in [3.63, 3.8) is 0 Å². The van der Waals surface area contributed by atoms with Gasteiger partial charge in [-0.25, -0.2) is 4.68 Å². The third kappa shape index (κ3) is 2.89. The predicted molar refractivity (Wildman–Crippen MR) is 80.2 cm³/mol. The van der Waals surface area contributed by atoms with E-state index in [9.17, 15) is 0 Å². The van der Waals surface area contributed by atoms with Crippen LogP contribution in [-0.2, 0) is 0 Å². The smallest absolute Gasteiger partial charge is 0.143 e. The summed E-state index contributed by atoms with van der Waals surface area (Å²) in [6.07, 6.45) is 5.20.